The summed E-state index contributed by atoms with van der Waals surface area (Å²) in [6.45, 7) is 2.08. The number of nitrogens with zero attached hydrogens (tertiary/aromatic N) is 2. The number of rotatable bonds is 4. The number of guanidine groups is 1. The van der Waals surface area contributed by atoms with Gasteiger partial charge >= 0.3 is 0 Å². The van der Waals surface area contributed by atoms with Gasteiger partial charge in [-0.1, -0.05) is 25.5 Å². The molecule has 1 atom stereocenters. The first kappa shape index (κ1) is 17.2. The van der Waals surface area contributed by atoms with E-state index >= 15 is 0 Å². The van der Waals surface area contributed by atoms with Crippen LogP contribution in [0.3, 0.4) is 0 Å². The molecule has 0 unspecified atom stereocenters. The van der Waals surface area contributed by atoms with Crippen LogP contribution in [-0.4, -0.2) is 23.8 Å². The molecule has 1 saturated heterocycles. The Morgan fingerprint density at radius 3 is 2.88 bits per heavy atom. The highest BCUT2D eigenvalue weighted by Crippen LogP contribution is 2.39. The van der Waals surface area contributed by atoms with E-state index in [-0.39, 0.29) is 11.9 Å². The van der Waals surface area contributed by atoms with Gasteiger partial charge in [-0.15, -0.1) is 11.3 Å². The summed E-state index contributed by atoms with van der Waals surface area (Å²) in [5.41, 5.74) is 2.13. The third-order valence-electron chi connectivity index (χ3n) is 4.59. The van der Waals surface area contributed by atoms with E-state index in [4.69, 9.17) is 10.7 Å². The average molecular weight is 352 g/mol. The number of thiophene rings is 1. The quantitative estimate of drug-likeness (QED) is 0.881. The van der Waals surface area contributed by atoms with E-state index in [0.717, 1.165) is 28.8 Å². The normalized spacial score (nSPS) is 20.3. The van der Waals surface area contributed by atoms with Gasteiger partial charge in [0, 0.05) is 11.9 Å². The molecule has 1 aromatic carbocycles. The highest BCUT2D eigenvalue weighted by molar-refractivity contribution is 7.10. The Bertz CT molecular complexity index is 846. The number of hydrogen-bond donors (Lipinski definition) is 2. The van der Waals surface area contributed by atoms with Crippen molar-refractivity contribution in [3.05, 3.63) is 46.2 Å². The van der Waals surface area contributed by atoms with Crippen molar-refractivity contribution in [1.29, 1.82) is 10.7 Å². The third kappa shape index (κ3) is 3.15. The minimum absolute atomic E-state index is 0.0429. The first-order chi connectivity index (χ1) is 12.0. The van der Waals surface area contributed by atoms with Crippen molar-refractivity contribution >= 4 is 23.2 Å². The molecule has 25 heavy (non-hydrogen) atoms. The smallest absolute Gasteiger partial charge is 0.231 e. The zero-order valence-corrected chi connectivity index (χ0v) is 15.1. The standard InChI is InChI=1S/C19H20N4OS/c1-3-7-19(10-17(24)23(2)18(21)22-19)16-9-15(12-25-16)14-6-4-5-13(8-14)11-20/h4-6,8-9,12H,3,7,10H2,1-2H3,(H2,21,22)/t19-/m0/s1. The number of hydrogen-bond acceptors (Lipinski definition) is 4. The maximum absolute atomic E-state index is 12.3. The first-order valence-corrected chi connectivity index (χ1v) is 9.10. The maximum atomic E-state index is 12.3. The van der Waals surface area contributed by atoms with Crippen LogP contribution in [0, 0.1) is 16.7 Å². The van der Waals surface area contributed by atoms with Crippen LogP contribution in [0.25, 0.3) is 11.1 Å². The van der Waals surface area contributed by atoms with Crippen molar-refractivity contribution in [2.45, 2.75) is 31.7 Å². The van der Waals surface area contributed by atoms with Gasteiger partial charge in [-0.2, -0.15) is 5.26 Å². The van der Waals surface area contributed by atoms with Gasteiger partial charge in [-0.05, 0) is 41.1 Å². The van der Waals surface area contributed by atoms with E-state index in [1.54, 1.807) is 24.5 Å². The van der Waals surface area contributed by atoms with Crippen molar-refractivity contribution in [3.63, 3.8) is 0 Å². The van der Waals surface area contributed by atoms with Crippen molar-refractivity contribution in [2.24, 2.45) is 0 Å². The van der Waals surface area contributed by atoms with Crippen LogP contribution in [0.2, 0.25) is 0 Å². The van der Waals surface area contributed by atoms with Crippen LogP contribution in [0.4, 0.5) is 0 Å². The number of carbonyl (C=O) groups excluding carboxylic acids is 1. The Morgan fingerprint density at radius 2 is 2.20 bits per heavy atom. The second kappa shape index (κ2) is 6.69. The van der Waals surface area contributed by atoms with Gasteiger partial charge in [-0.3, -0.25) is 15.1 Å². The molecular formula is C19H20N4OS. The molecule has 0 radical (unpaired) electrons. The van der Waals surface area contributed by atoms with Gasteiger partial charge in [0.25, 0.3) is 0 Å². The number of amides is 1. The molecule has 2 aromatic rings. The predicted octanol–water partition coefficient (Wildman–Crippen LogP) is 3.67. The monoisotopic (exact) mass is 352 g/mol. The van der Waals surface area contributed by atoms with E-state index in [0.29, 0.717) is 12.0 Å². The summed E-state index contributed by atoms with van der Waals surface area (Å²) in [7, 11) is 1.63. The SMILES string of the molecule is CCC[C@@]1(c2cc(-c3cccc(C#N)c3)cs2)CC(=O)N(C)C(=N)N1. The highest BCUT2D eigenvalue weighted by atomic mass is 32.1. The van der Waals surface area contributed by atoms with Crippen LogP contribution in [0.1, 0.15) is 36.6 Å². The molecule has 1 amide bonds. The molecule has 1 fully saturated rings. The second-order valence-corrected chi connectivity index (χ2v) is 7.24. The molecule has 1 aliphatic heterocycles. The summed E-state index contributed by atoms with van der Waals surface area (Å²) in [4.78, 5) is 14.8. The molecule has 1 aliphatic rings. The van der Waals surface area contributed by atoms with E-state index in [1.165, 1.54) is 4.90 Å². The Balaban J connectivity index is 1.99. The van der Waals surface area contributed by atoms with Gasteiger partial charge in [-0.25, -0.2) is 0 Å². The lowest BCUT2D eigenvalue weighted by Crippen LogP contribution is -2.59. The van der Waals surface area contributed by atoms with Crippen molar-refractivity contribution in [3.8, 4) is 17.2 Å². The van der Waals surface area contributed by atoms with Gasteiger partial charge in [0.1, 0.15) is 0 Å². The van der Waals surface area contributed by atoms with Gasteiger partial charge in [0.15, 0.2) is 5.96 Å². The summed E-state index contributed by atoms with van der Waals surface area (Å²) < 4.78 is 0. The number of nitriles is 1. The summed E-state index contributed by atoms with van der Waals surface area (Å²) >= 11 is 1.60. The van der Waals surface area contributed by atoms with Crippen LogP contribution < -0.4 is 5.32 Å². The molecule has 0 saturated carbocycles. The fraction of sp³-hybridized carbons (Fsp3) is 0.316. The van der Waals surface area contributed by atoms with Crippen LogP contribution in [-0.2, 0) is 10.3 Å². The first-order valence-electron chi connectivity index (χ1n) is 8.22. The van der Waals surface area contributed by atoms with Crippen LogP contribution in [0.15, 0.2) is 35.7 Å². The summed E-state index contributed by atoms with van der Waals surface area (Å²) in [5.74, 6) is 0.102. The second-order valence-electron chi connectivity index (χ2n) is 6.33. The minimum Gasteiger partial charge on any atom is -0.345 e. The van der Waals surface area contributed by atoms with Crippen molar-refractivity contribution in [2.75, 3.05) is 7.05 Å². The lowest BCUT2D eigenvalue weighted by Gasteiger charge is -2.41. The lowest BCUT2D eigenvalue weighted by molar-refractivity contribution is -0.129. The number of nitrogens with one attached hydrogen (secondary N) is 2. The highest BCUT2D eigenvalue weighted by Gasteiger charge is 2.42. The summed E-state index contributed by atoms with van der Waals surface area (Å²) in [6, 6.07) is 11.8. The largest absolute Gasteiger partial charge is 0.345 e. The zero-order chi connectivity index (χ0) is 18.0. The zero-order valence-electron chi connectivity index (χ0n) is 14.3. The fourth-order valence-electron chi connectivity index (χ4n) is 3.21. The van der Waals surface area contributed by atoms with Crippen molar-refractivity contribution in [1.82, 2.24) is 10.2 Å². The molecule has 2 heterocycles. The molecule has 3 rings (SSSR count). The topological polar surface area (TPSA) is 80.0 Å². The maximum Gasteiger partial charge on any atom is 0.231 e. The van der Waals surface area contributed by atoms with E-state index in [1.807, 2.05) is 18.2 Å². The van der Waals surface area contributed by atoms with Crippen molar-refractivity contribution < 1.29 is 4.79 Å². The van der Waals surface area contributed by atoms with Crippen LogP contribution in [0.5, 0.6) is 0 Å². The molecule has 2 N–H and O–H groups in total. The third-order valence-corrected chi connectivity index (χ3v) is 5.73. The Kier molecular flexibility index (Phi) is 4.60. The van der Waals surface area contributed by atoms with Crippen LogP contribution >= 0.6 is 11.3 Å². The van der Waals surface area contributed by atoms with E-state index in [9.17, 15) is 4.79 Å². The van der Waals surface area contributed by atoms with E-state index < -0.39 is 5.54 Å². The Labute approximate surface area is 151 Å². The molecule has 6 heteroatoms. The summed E-state index contributed by atoms with van der Waals surface area (Å²) in [6.07, 6.45) is 2.04. The number of carbonyl (C=O) groups is 1. The lowest BCUT2D eigenvalue weighted by atomic mass is 9.85. The summed E-state index contributed by atoms with van der Waals surface area (Å²) in [5, 5.41) is 22.5. The molecular weight excluding hydrogens is 332 g/mol. The van der Waals surface area contributed by atoms with Gasteiger partial charge < -0.3 is 5.32 Å². The van der Waals surface area contributed by atoms with E-state index in [2.05, 4.69) is 29.8 Å². The average Bonchev–Trinajstić information content (AvgIpc) is 3.11. The van der Waals surface area contributed by atoms with Gasteiger partial charge in [0.05, 0.1) is 23.6 Å². The Morgan fingerprint density at radius 1 is 1.40 bits per heavy atom. The molecule has 128 valence electrons. The molecule has 1 aromatic heterocycles. The predicted molar refractivity (Wildman–Crippen MR) is 99.3 cm³/mol. The molecule has 5 nitrogen and oxygen atoms in total. The van der Waals surface area contributed by atoms with Gasteiger partial charge in [0.2, 0.25) is 5.91 Å². The molecule has 0 bridgehead atoms. The Hall–Kier alpha value is -2.65. The number of benzene rings is 1. The molecule has 0 aliphatic carbocycles. The minimum atomic E-state index is -0.523. The molecule has 0 spiro atoms. The fourth-order valence-corrected chi connectivity index (χ4v) is 4.32.